The molecule has 0 aromatic heterocycles. The summed E-state index contributed by atoms with van der Waals surface area (Å²) >= 11 is 3.35. The lowest BCUT2D eigenvalue weighted by Gasteiger charge is -2.25. The SMILES string of the molecule is CCCCCC(C)(C)CNc1cc(Br)cc(C(=O)O)c1. The molecule has 4 heteroatoms. The van der Waals surface area contributed by atoms with Crippen LogP contribution >= 0.6 is 15.9 Å². The summed E-state index contributed by atoms with van der Waals surface area (Å²) in [5.74, 6) is -0.906. The first-order chi connectivity index (χ1) is 9.34. The average Bonchev–Trinajstić information content (AvgIpc) is 2.36. The largest absolute Gasteiger partial charge is 0.478 e. The highest BCUT2D eigenvalue weighted by atomic mass is 79.9. The van der Waals surface area contributed by atoms with Crippen LogP contribution in [-0.2, 0) is 0 Å². The fourth-order valence-electron chi connectivity index (χ4n) is 2.10. The van der Waals surface area contributed by atoms with Gasteiger partial charge < -0.3 is 10.4 Å². The van der Waals surface area contributed by atoms with Crippen LogP contribution in [0.4, 0.5) is 5.69 Å². The van der Waals surface area contributed by atoms with Crippen LogP contribution in [0.1, 0.15) is 56.8 Å². The quantitative estimate of drug-likeness (QED) is 0.641. The molecule has 20 heavy (non-hydrogen) atoms. The van der Waals surface area contributed by atoms with Gasteiger partial charge in [0.2, 0.25) is 0 Å². The molecule has 0 unspecified atom stereocenters. The summed E-state index contributed by atoms with van der Waals surface area (Å²) in [5.41, 5.74) is 1.35. The summed E-state index contributed by atoms with van der Waals surface area (Å²) in [7, 11) is 0. The Hall–Kier alpha value is -1.03. The number of hydrogen-bond acceptors (Lipinski definition) is 2. The highest BCUT2D eigenvalue weighted by Gasteiger charge is 2.17. The number of nitrogens with one attached hydrogen (secondary N) is 1. The number of halogens is 1. The standard InChI is InChI=1S/C16H24BrNO2/c1-4-5-6-7-16(2,3)11-18-14-9-12(15(19)20)8-13(17)10-14/h8-10,18H,4-7,11H2,1-3H3,(H,19,20). The molecule has 112 valence electrons. The zero-order chi connectivity index (χ0) is 15.2. The molecule has 2 N–H and O–H groups in total. The Kier molecular flexibility index (Phi) is 6.53. The Balaban J connectivity index is 2.62. The van der Waals surface area contributed by atoms with Crippen LogP contribution < -0.4 is 5.32 Å². The molecule has 0 radical (unpaired) electrons. The summed E-state index contributed by atoms with van der Waals surface area (Å²) in [4.78, 5) is 11.0. The minimum Gasteiger partial charge on any atom is -0.478 e. The molecule has 1 aromatic rings. The van der Waals surface area contributed by atoms with Crippen LogP contribution in [-0.4, -0.2) is 17.6 Å². The molecule has 0 amide bonds. The minimum atomic E-state index is -0.906. The molecule has 0 bridgehead atoms. The third kappa shape index (κ3) is 5.95. The number of benzene rings is 1. The van der Waals surface area contributed by atoms with Crippen molar-refractivity contribution >= 4 is 27.6 Å². The molecule has 0 spiro atoms. The van der Waals surface area contributed by atoms with E-state index in [-0.39, 0.29) is 5.41 Å². The number of aromatic carboxylic acids is 1. The van der Waals surface area contributed by atoms with E-state index >= 15 is 0 Å². The van der Waals surface area contributed by atoms with Gasteiger partial charge in [0.05, 0.1) is 5.56 Å². The van der Waals surface area contributed by atoms with E-state index in [0.29, 0.717) is 5.56 Å². The Bertz CT molecular complexity index is 458. The lowest BCUT2D eigenvalue weighted by molar-refractivity contribution is 0.0697. The molecule has 0 atom stereocenters. The van der Waals surface area contributed by atoms with E-state index in [9.17, 15) is 4.79 Å². The maximum atomic E-state index is 11.0. The van der Waals surface area contributed by atoms with Crippen LogP contribution in [0.3, 0.4) is 0 Å². The summed E-state index contributed by atoms with van der Waals surface area (Å²) < 4.78 is 0.781. The van der Waals surface area contributed by atoms with Crippen molar-refractivity contribution in [2.45, 2.75) is 46.5 Å². The van der Waals surface area contributed by atoms with Gasteiger partial charge in [0.15, 0.2) is 0 Å². The molecule has 3 nitrogen and oxygen atoms in total. The first-order valence-electron chi connectivity index (χ1n) is 7.12. The van der Waals surface area contributed by atoms with Crippen molar-refractivity contribution in [1.29, 1.82) is 0 Å². The van der Waals surface area contributed by atoms with Crippen molar-refractivity contribution in [3.63, 3.8) is 0 Å². The molecular formula is C16H24BrNO2. The molecule has 0 fully saturated rings. The fourth-order valence-corrected chi connectivity index (χ4v) is 2.59. The number of carboxylic acids is 1. The number of rotatable bonds is 8. The van der Waals surface area contributed by atoms with Crippen LogP contribution in [0.25, 0.3) is 0 Å². The second kappa shape index (κ2) is 7.67. The molecule has 0 heterocycles. The van der Waals surface area contributed by atoms with Crippen LogP contribution in [0.15, 0.2) is 22.7 Å². The number of hydrogen-bond donors (Lipinski definition) is 2. The van der Waals surface area contributed by atoms with E-state index < -0.39 is 5.97 Å². The summed E-state index contributed by atoms with van der Waals surface area (Å²) in [6, 6.07) is 5.20. The normalized spacial score (nSPS) is 11.4. The Morgan fingerprint density at radius 3 is 2.60 bits per heavy atom. The minimum absolute atomic E-state index is 0.209. The van der Waals surface area contributed by atoms with Crippen molar-refractivity contribution in [2.75, 3.05) is 11.9 Å². The predicted molar refractivity (Wildman–Crippen MR) is 87.5 cm³/mol. The molecule has 0 saturated carbocycles. The third-order valence-corrected chi connectivity index (χ3v) is 3.83. The number of carbonyl (C=O) groups is 1. The van der Waals surface area contributed by atoms with Gasteiger partial charge in [0.1, 0.15) is 0 Å². The van der Waals surface area contributed by atoms with Gasteiger partial charge in [-0.2, -0.15) is 0 Å². The number of unbranched alkanes of at least 4 members (excludes halogenated alkanes) is 2. The van der Waals surface area contributed by atoms with Crippen LogP contribution in [0, 0.1) is 5.41 Å². The van der Waals surface area contributed by atoms with Gasteiger partial charge in [-0.15, -0.1) is 0 Å². The van der Waals surface area contributed by atoms with Crippen molar-refractivity contribution in [2.24, 2.45) is 5.41 Å². The Morgan fingerprint density at radius 1 is 1.30 bits per heavy atom. The molecular weight excluding hydrogens is 318 g/mol. The van der Waals surface area contributed by atoms with Gasteiger partial charge in [-0.3, -0.25) is 0 Å². The molecule has 1 aromatic carbocycles. The van der Waals surface area contributed by atoms with Gasteiger partial charge in [-0.25, -0.2) is 4.79 Å². The van der Waals surface area contributed by atoms with E-state index in [1.54, 1.807) is 12.1 Å². The summed E-state index contributed by atoms with van der Waals surface area (Å²) in [6.45, 7) is 7.53. The third-order valence-electron chi connectivity index (χ3n) is 3.37. The van der Waals surface area contributed by atoms with Crippen LogP contribution in [0.2, 0.25) is 0 Å². The van der Waals surface area contributed by atoms with E-state index in [1.807, 2.05) is 6.07 Å². The van der Waals surface area contributed by atoms with Crippen molar-refractivity contribution in [1.82, 2.24) is 0 Å². The number of carboxylic acid groups (broad SMARTS) is 1. The van der Waals surface area contributed by atoms with Crippen molar-refractivity contribution in [3.8, 4) is 0 Å². The molecule has 0 saturated heterocycles. The maximum Gasteiger partial charge on any atom is 0.335 e. The lowest BCUT2D eigenvalue weighted by atomic mass is 9.87. The highest BCUT2D eigenvalue weighted by molar-refractivity contribution is 9.10. The zero-order valence-corrected chi connectivity index (χ0v) is 14.1. The molecule has 1 rings (SSSR count). The number of anilines is 1. The monoisotopic (exact) mass is 341 g/mol. The van der Waals surface area contributed by atoms with Crippen LogP contribution in [0.5, 0.6) is 0 Å². The van der Waals surface area contributed by atoms with Gasteiger partial charge >= 0.3 is 5.97 Å². The second-order valence-corrected chi connectivity index (χ2v) is 6.92. The van der Waals surface area contributed by atoms with Gasteiger partial charge in [-0.1, -0.05) is 56.0 Å². The Labute approximate surface area is 129 Å². The van der Waals surface area contributed by atoms with Gasteiger partial charge in [-0.05, 0) is 30.0 Å². The first kappa shape index (κ1) is 17.0. The fraction of sp³-hybridized carbons (Fsp3) is 0.562. The van der Waals surface area contributed by atoms with E-state index in [4.69, 9.17) is 5.11 Å². The van der Waals surface area contributed by atoms with Crippen molar-refractivity contribution in [3.05, 3.63) is 28.2 Å². The maximum absolute atomic E-state index is 11.0. The second-order valence-electron chi connectivity index (χ2n) is 6.01. The van der Waals surface area contributed by atoms with Gasteiger partial charge in [0.25, 0.3) is 0 Å². The Morgan fingerprint density at radius 2 is 2.00 bits per heavy atom. The topological polar surface area (TPSA) is 49.3 Å². The molecule has 0 aliphatic heterocycles. The zero-order valence-electron chi connectivity index (χ0n) is 12.5. The van der Waals surface area contributed by atoms with Gasteiger partial charge in [0, 0.05) is 16.7 Å². The predicted octanol–water partition coefficient (Wildman–Crippen LogP) is 5.17. The van der Waals surface area contributed by atoms with Crippen molar-refractivity contribution < 1.29 is 9.90 Å². The average molecular weight is 342 g/mol. The van der Waals surface area contributed by atoms with E-state index in [0.717, 1.165) is 16.7 Å². The molecule has 0 aliphatic rings. The van der Waals surface area contributed by atoms with E-state index in [2.05, 4.69) is 42.0 Å². The smallest absolute Gasteiger partial charge is 0.335 e. The lowest BCUT2D eigenvalue weighted by Crippen LogP contribution is -2.23. The summed E-state index contributed by atoms with van der Waals surface area (Å²) in [5, 5.41) is 12.4. The first-order valence-corrected chi connectivity index (χ1v) is 7.91. The highest BCUT2D eigenvalue weighted by Crippen LogP contribution is 2.26. The molecule has 0 aliphatic carbocycles. The summed E-state index contributed by atoms with van der Waals surface area (Å²) in [6.07, 6.45) is 4.91. The van der Waals surface area contributed by atoms with E-state index in [1.165, 1.54) is 25.7 Å².